The molecule has 3 rings (SSSR count). The molecule has 2 aliphatic rings. The van der Waals surface area contributed by atoms with Crippen molar-refractivity contribution in [2.75, 3.05) is 0 Å². The maximum absolute atomic E-state index is 13.3. The predicted octanol–water partition coefficient (Wildman–Crippen LogP) is 4.26. The molecule has 6 heteroatoms. The molecule has 1 aromatic rings. The molecule has 124 valence electrons. The van der Waals surface area contributed by atoms with Crippen LogP contribution in [0.4, 0.5) is 13.2 Å². The van der Waals surface area contributed by atoms with Crippen LogP contribution in [0.2, 0.25) is 0 Å². The van der Waals surface area contributed by atoms with E-state index in [0.717, 1.165) is 6.08 Å². The third-order valence-corrected chi connectivity index (χ3v) is 3.75. The van der Waals surface area contributed by atoms with Gasteiger partial charge in [-0.25, -0.2) is 4.79 Å². The normalized spacial score (nSPS) is 20.5. The molecule has 24 heavy (non-hydrogen) atoms. The van der Waals surface area contributed by atoms with E-state index in [0.29, 0.717) is 16.7 Å². The lowest BCUT2D eigenvalue weighted by Gasteiger charge is -2.23. The Morgan fingerprint density at radius 3 is 2.54 bits per heavy atom. The number of alkyl halides is 3. The molecule has 0 aromatic heterocycles. The standard InChI is InChI=1S/C18H13F3O3/c19-18(20,21)16-14(17(22)23)9-11-5-4-8-13(15(10-11)24-16)12-6-2-1-3-7-12/h1-9,16H,10H2,(H,22,23). The molecule has 0 saturated heterocycles. The fraction of sp³-hybridized carbons (Fsp3) is 0.167. The van der Waals surface area contributed by atoms with E-state index in [1.54, 1.807) is 48.6 Å². The van der Waals surface area contributed by atoms with Gasteiger partial charge in [-0.3, -0.25) is 0 Å². The largest absolute Gasteiger partial charge is 0.479 e. The van der Waals surface area contributed by atoms with Crippen LogP contribution in [0, 0.1) is 0 Å². The minimum absolute atomic E-state index is 0.0978. The van der Waals surface area contributed by atoms with Crippen molar-refractivity contribution in [1.29, 1.82) is 0 Å². The van der Waals surface area contributed by atoms with Crippen LogP contribution in [-0.2, 0) is 9.53 Å². The van der Waals surface area contributed by atoms with E-state index in [4.69, 9.17) is 9.84 Å². The van der Waals surface area contributed by atoms with Crippen molar-refractivity contribution in [3.05, 3.63) is 77.1 Å². The Kier molecular flexibility index (Phi) is 4.05. The second-order valence-electron chi connectivity index (χ2n) is 5.42. The molecule has 1 aliphatic carbocycles. The number of aliphatic carboxylic acids is 1. The first kappa shape index (κ1) is 16.1. The second kappa shape index (κ2) is 6.03. The van der Waals surface area contributed by atoms with Crippen LogP contribution < -0.4 is 0 Å². The topological polar surface area (TPSA) is 46.5 Å². The van der Waals surface area contributed by atoms with E-state index in [1.165, 1.54) is 0 Å². The average Bonchev–Trinajstić information content (AvgIpc) is 2.85. The molecule has 1 atom stereocenters. The second-order valence-corrected chi connectivity index (χ2v) is 5.42. The number of carboxylic acids is 1. The number of fused-ring (bicyclic) bond motifs is 2. The predicted molar refractivity (Wildman–Crippen MR) is 81.8 cm³/mol. The summed E-state index contributed by atoms with van der Waals surface area (Å²) < 4.78 is 45.2. The Labute approximate surface area is 136 Å². The molecular weight excluding hydrogens is 321 g/mol. The molecular formula is C18H13F3O3. The zero-order valence-corrected chi connectivity index (χ0v) is 12.4. The Morgan fingerprint density at radius 2 is 1.92 bits per heavy atom. The van der Waals surface area contributed by atoms with Gasteiger partial charge in [-0.05, 0) is 17.2 Å². The summed E-state index contributed by atoms with van der Waals surface area (Å²) in [5, 5.41) is 9.16. The third kappa shape index (κ3) is 3.13. The van der Waals surface area contributed by atoms with Crippen LogP contribution >= 0.6 is 0 Å². The maximum atomic E-state index is 13.3. The van der Waals surface area contributed by atoms with Gasteiger partial charge in [0.05, 0.1) is 5.57 Å². The van der Waals surface area contributed by atoms with E-state index in [-0.39, 0.29) is 12.2 Å². The third-order valence-electron chi connectivity index (χ3n) is 3.75. The SMILES string of the molecule is O=C(O)C1=CC2=CC=CC(c3ccccc3)=C(C2)OC1C(F)(F)F. The number of halogens is 3. The zero-order chi connectivity index (χ0) is 17.3. The van der Waals surface area contributed by atoms with E-state index >= 15 is 0 Å². The number of hydrogen-bond donors (Lipinski definition) is 1. The van der Waals surface area contributed by atoms with Crippen LogP contribution in [0.3, 0.4) is 0 Å². The highest BCUT2D eigenvalue weighted by Crippen LogP contribution is 2.39. The van der Waals surface area contributed by atoms with Gasteiger partial charge in [0.2, 0.25) is 6.10 Å². The van der Waals surface area contributed by atoms with Gasteiger partial charge < -0.3 is 9.84 Å². The minimum atomic E-state index is -4.82. The summed E-state index contributed by atoms with van der Waals surface area (Å²) in [7, 11) is 0. The van der Waals surface area contributed by atoms with Crippen molar-refractivity contribution in [1.82, 2.24) is 0 Å². The number of hydrogen-bond acceptors (Lipinski definition) is 2. The van der Waals surface area contributed by atoms with Crippen molar-refractivity contribution in [3.8, 4) is 0 Å². The van der Waals surface area contributed by atoms with Gasteiger partial charge in [-0.15, -0.1) is 0 Å². The molecule has 1 unspecified atom stereocenters. The summed E-state index contributed by atoms with van der Waals surface area (Å²) in [5.74, 6) is -1.54. The van der Waals surface area contributed by atoms with E-state index in [2.05, 4.69) is 0 Å². The minimum Gasteiger partial charge on any atom is -0.479 e. The molecule has 1 aliphatic heterocycles. The number of ether oxygens (including phenoxy) is 1. The number of benzene rings is 1. The number of allylic oxidation sites excluding steroid dienone is 6. The molecule has 1 N–H and O–H groups in total. The Morgan fingerprint density at radius 1 is 1.21 bits per heavy atom. The molecule has 0 fully saturated rings. The first-order valence-electron chi connectivity index (χ1n) is 7.20. The van der Waals surface area contributed by atoms with E-state index in [9.17, 15) is 18.0 Å². The quantitative estimate of drug-likeness (QED) is 0.879. The first-order chi connectivity index (χ1) is 11.4. The molecule has 0 saturated carbocycles. The lowest BCUT2D eigenvalue weighted by molar-refractivity contribution is -0.199. The summed E-state index contributed by atoms with van der Waals surface area (Å²) in [4.78, 5) is 11.3. The van der Waals surface area contributed by atoms with Gasteiger partial charge in [0.15, 0.2) is 0 Å². The first-order valence-corrected chi connectivity index (χ1v) is 7.20. The van der Waals surface area contributed by atoms with Gasteiger partial charge in [-0.2, -0.15) is 13.2 Å². The van der Waals surface area contributed by atoms with Gasteiger partial charge in [0.1, 0.15) is 5.76 Å². The number of rotatable bonds is 2. The Balaban J connectivity index is 2.15. The van der Waals surface area contributed by atoms with Gasteiger partial charge in [0.25, 0.3) is 0 Å². The van der Waals surface area contributed by atoms with Crippen molar-refractivity contribution in [2.45, 2.75) is 18.7 Å². The molecule has 1 heterocycles. The fourth-order valence-electron chi connectivity index (χ4n) is 2.68. The fourth-order valence-corrected chi connectivity index (χ4v) is 2.68. The summed E-state index contributed by atoms with van der Waals surface area (Å²) >= 11 is 0. The van der Waals surface area contributed by atoms with E-state index < -0.39 is 23.8 Å². The lowest BCUT2D eigenvalue weighted by atomic mass is 10.0. The van der Waals surface area contributed by atoms with Gasteiger partial charge in [-0.1, -0.05) is 48.6 Å². The maximum Gasteiger partial charge on any atom is 0.429 e. The van der Waals surface area contributed by atoms with Crippen LogP contribution in [0.15, 0.2) is 71.5 Å². The summed E-state index contributed by atoms with van der Waals surface area (Å²) in [6.45, 7) is 0. The van der Waals surface area contributed by atoms with Crippen molar-refractivity contribution in [2.24, 2.45) is 0 Å². The number of carboxylic acid groups (broad SMARTS) is 1. The molecule has 0 spiro atoms. The summed E-state index contributed by atoms with van der Waals surface area (Å²) in [6, 6.07) is 8.87. The highest BCUT2D eigenvalue weighted by molar-refractivity contribution is 5.89. The van der Waals surface area contributed by atoms with Crippen molar-refractivity contribution in [3.63, 3.8) is 0 Å². The number of carbonyl (C=O) groups is 1. The zero-order valence-electron chi connectivity index (χ0n) is 12.4. The van der Waals surface area contributed by atoms with Gasteiger partial charge >= 0.3 is 12.1 Å². The molecule has 2 bridgehead atoms. The Bertz CT molecular complexity index is 783. The van der Waals surface area contributed by atoms with Crippen LogP contribution in [0.5, 0.6) is 0 Å². The molecule has 0 radical (unpaired) electrons. The van der Waals surface area contributed by atoms with E-state index in [1.807, 2.05) is 0 Å². The van der Waals surface area contributed by atoms with Gasteiger partial charge in [0, 0.05) is 12.0 Å². The highest BCUT2D eigenvalue weighted by Gasteiger charge is 2.48. The molecule has 3 nitrogen and oxygen atoms in total. The van der Waals surface area contributed by atoms with Crippen molar-refractivity contribution < 1.29 is 27.8 Å². The van der Waals surface area contributed by atoms with Crippen LogP contribution in [-0.4, -0.2) is 23.4 Å². The summed E-state index contributed by atoms with van der Waals surface area (Å²) in [5.41, 5.74) is 0.858. The Hall–Kier alpha value is -2.76. The molecule has 0 amide bonds. The molecule has 1 aromatic carbocycles. The highest BCUT2D eigenvalue weighted by atomic mass is 19.4. The lowest BCUT2D eigenvalue weighted by Crippen LogP contribution is -2.35. The van der Waals surface area contributed by atoms with Crippen LogP contribution in [0.25, 0.3) is 5.57 Å². The van der Waals surface area contributed by atoms with Crippen molar-refractivity contribution >= 4 is 11.5 Å². The average molecular weight is 334 g/mol. The smallest absolute Gasteiger partial charge is 0.429 e. The summed E-state index contributed by atoms with van der Waals surface area (Å²) in [6.07, 6.45) is -1.23. The monoisotopic (exact) mass is 334 g/mol. The van der Waals surface area contributed by atoms with Crippen LogP contribution in [0.1, 0.15) is 12.0 Å².